The summed E-state index contributed by atoms with van der Waals surface area (Å²) < 4.78 is 33.8. The second-order valence-corrected chi connectivity index (χ2v) is 17.5. The Balaban J connectivity index is 4.50. The monoisotopic (exact) mass is 834 g/mol. The Hall–Kier alpha value is -2.55. The van der Waals surface area contributed by atoms with Gasteiger partial charge in [0.05, 0.1) is 27.7 Å². The number of ether oxygens (including phenoxy) is 2. The maximum atomic E-state index is 12.6. The van der Waals surface area contributed by atoms with Crippen molar-refractivity contribution in [3.8, 4) is 0 Å². The van der Waals surface area contributed by atoms with E-state index in [9.17, 15) is 19.0 Å². The van der Waals surface area contributed by atoms with Gasteiger partial charge in [0, 0.05) is 12.8 Å². The van der Waals surface area contributed by atoms with E-state index in [1.807, 2.05) is 33.3 Å². The predicted octanol–water partition coefficient (Wildman–Crippen LogP) is 12.4. The van der Waals surface area contributed by atoms with Crippen molar-refractivity contribution in [2.24, 2.45) is 0 Å². The topological polar surface area (TPSA) is 111 Å². The van der Waals surface area contributed by atoms with Crippen LogP contribution in [0.3, 0.4) is 0 Å². The van der Waals surface area contributed by atoms with Crippen LogP contribution in [-0.2, 0) is 32.7 Å². The van der Waals surface area contributed by atoms with Gasteiger partial charge in [0.2, 0.25) is 0 Å². The lowest BCUT2D eigenvalue weighted by atomic mass is 10.1. The number of allylic oxidation sites excluding steroid dienone is 12. The lowest BCUT2D eigenvalue weighted by Crippen LogP contribution is -2.37. The van der Waals surface area contributed by atoms with Crippen LogP contribution in [-0.4, -0.2) is 70.0 Å². The van der Waals surface area contributed by atoms with Crippen LogP contribution >= 0.6 is 7.82 Å². The van der Waals surface area contributed by atoms with Crippen LogP contribution in [0, 0.1) is 0 Å². The molecular formula is C48H84NO8P. The van der Waals surface area contributed by atoms with Crippen LogP contribution in [0.1, 0.15) is 168 Å². The highest BCUT2D eigenvalue weighted by Crippen LogP contribution is 2.38. The Labute approximate surface area is 355 Å². The van der Waals surface area contributed by atoms with Gasteiger partial charge < -0.3 is 27.9 Å². The minimum Gasteiger partial charge on any atom is -0.756 e. The number of carbonyl (C=O) groups is 2. The molecule has 0 aromatic carbocycles. The van der Waals surface area contributed by atoms with E-state index in [4.69, 9.17) is 18.5 Å². The second kappa shape index (κ2) is 39.9. The zero-order valence-electron chi connectivity index (χ0n) is 37.5. The molecule has 1 unspecified atom stereocenters. The van der Waals surface area contributed by atoms with Crippen molar-refractivity contribution < 1.29 is 42.1 Å². The summed E-state index contributed by atoms with van der Waals surface area (Å²) in [6.07, 6.45) is 49.4. The first kappa shape index (κ1) is 55.5. The van der Waals surface area contributed by atoms with Crippen molar-refractivity contribution in [3.63, 3.8) is 0 Å². The van der Waals surface area contributed by atoms with Gasteiger partial charge in [-0.3, -0.25) is 14.2 Å². The first-order valence-corrected chi connectivity index (χ1v) is 24.1. The lowest BCUT2D eigenvalue weighted by molar-refractivity contribution is -0.870. The molecule has 0 spiro atoms. The van der Waals surface area contributed by atoms with E-state index in [1.54, 1.807) is 0 Å². The Morgan fingerprint density at radius 2 is 0.966 bits per heavy atom. The van der Waals surface area contributed by atoms with Crippen molar-refractivity contribution >= 4 is 19.8 Å². The fraction of sp³-hybridized carbons (Fsp3) is 0.708. The maximum Gasteiger partial charge on any atom is 0.306 e. The number of rotatable bonds is 40. The van der Waals surface area contributed by atoms with E-state index >= 15 is 0 Å². The third-order valence-corrected chi connectivity index (χ3v) is 10.2. The van der Waals surface area contributed by atoms with E-state index in [-0.39, 0.29) is 26.1 Å². The molecule has 0 saturated heterocycles. The van der Waals surface area contributed by atoms with Crippen LogP contribution in [0.25, 0.3) is 0 Å². The molecule has 0 aromatic heterocycles. The van der Waals surface area contributed by atoms with Crippen LogP contribution in [0.2, 0.25) is 0 Å². The summed E-state index contributed by atoms with van der Waals surface area (Å²) in [5, 5.41) is 0. The van der Waals surface area contributed by atoms with Crippen molar-refractivity contribution in [1.29, 1.82) is 0 Å². The summed E-state index contributed by atoms with van der Waals surface area (Å²) in [5.74, 6) is -0.945. The summed E-state index contributed by atoms with van der Waals surface area (Å²) in [5.41, 5.74) is 0. The zero-order chi connectivity index (χ0) is 42.8. The van der Waals surface area contributed by atoms with Crippen LogP contribution in [0.5, 0.6) is 0 Å². The Kier molecular flexibility index (Phi) is 38.1. The molecule has 0 saturated carbocycles. The molecule has 334 valence electrons. The Bertz CT molecular complexity index is 1220. The van der Waals surface area contributed by atoms with Gasteiger partial charge in [-0.1, -0.05) is 151 Å². The highest BCUT2D eigenvalue weighted by Gasteiger charge is 2.21. The van der Waals surface area contributed by atoms with Crippen LogP contribution < -0.4 is 4.89 Å². The van der Waals surface area contributed by atoms with Crippen molar-refractivity contribution in [2.45, 2.75) is 174 Å². The minimum atomic E-state index is -4.65. The zero-order valence-corrected chi connectivity index (χ0v) is 38.4. The Morgan fingerprint density at radius 1 is 0.534 bits per heavy atom. The van der Waals surface area contributed by atoms with Crippen LogP contribution in [0.15, 0.2) is 72.9 Å². The number of phosphoric acid groups is 1. The van der Waals surface area contributed by atoms with Crippen molar-refractivity contribution in [3.05, 3.63) is 72.9 Å². The number of phosphoric ester groups is 1. The molecule has 0 aliphatic rings. The number of unbranched alkanes of at least 4 members (excludes halogenated alkanes) is 14. The summed E-state index contributed by atoms with van der Waals surface area (Å²) in [6.45, 7) is 4.08. The summed E-state index contributed by atoms with van der Waals surface area (Å²) in [7, 11) is 1.11. The molecule has 10 heteroatoms. The highest BCUT2D eigenvalue weighted by atomic mass is 31.2. The number of hydrogen-bond donors (Lipinski definition) is 0. The van der Waals surface area contributed by atoms with Gasteiger partial charge in [-0.2, -0.15) is 0 Å². The smallest absolute Gasteiger partial charge is 0.306 e. The molecule has 0 aliphatic heterocycles. The van der Waals surface area contributed by atoms with Crippen LogP contribution in [0.4, 0.5) is 0 Å². The van der Waals surface area contributed by atoms with E-state index in [0.717, 1.165) is 57.8 Å². The molecule has 0 heterocycles. The number of hydrogen-bond acceptors (Lipinski definition) is 8. The average molecular weight is 834 g/mol. The van der Waals surface area contributed by atoms with Gasteiger partial charge in [0.25, 0.3) is 7.82 Å². The number of quaternary nitrogens is 1. The maximum absolute atomic E-state index is 12.6. The molecular weight excluding hydrogens is 750 g/mol. The molecule has 0 amide bonds. The largest absolute Gasteiger partial charge is 0.756 e. The molecule has 0 N–H and O–H groups in total. The van der Waals surface area contributed by atoms with Gasteiger partial charge >= 0.3 is 11.9 Å². The SMILES string of the molecule is CCCCC/C=C/C/C=C/C/C=C/C/C=C/C/C=C/CCC(=O)O[C@H](COC(=O)CCCCCCC/C=C/CCCCCCCC)COP(=O)([O-])OCC[N+](C)(C)C. The molecule has 0 radical (unpaired) electrons. The van der Waals surface area contributed by atoms with Crippen molar-refractivity contribution in [2.75, 3.05) is 47.5 Å². The third kappa shape index (κ3) is 43.0. The summed E-state index contributed by atoms with van der Waals surface area (Å²) >= 11 is 0. The normalized spacial score (nSPS) is 14.2. The average Bonchev–Trinajstić information content (AvgIpc) is 3.17. The fourth-order valence-electron chi connectivity index (χ4n) is 5.63. The molecule has 2 atom stereocenters. The van der Waals surface area contributed by atoms with Gasteiger partial charge in [0.1, 0.15) is 19.8 Å². The van der Waals surface area contributed by atoms with E-state index in [1.165, 1.54) is 70.6 Å². The summed E-state index contributed by atoms with van der Waals surface area (Å²) in [6, 6.07) is 0. The molecule has 0 aliphatic carbocycles. The third-order valence-electron chi connectivity index (χ3n) is 9.21. The minimum absolute atomic E-state index is 0.0485. The van der Waals surface area contributed by atoms with E-state index < -0.39 is 32.5 Å². The van der Waals surface area contributed by atoms with Gasteiger partial charge in [-0.25, -0.2) is 0 Å². The fourth-order valence-corrected chi connectivity index (χ4v) is 6.36. The predicted molar refractivity (Wildman–Crippen MR) is 240 cm³/mol. The first-order valence-electron chi connectivity index (χ1n) is 22.6. The number of carbonyl (C=O) groups excluding carboxylic acids is 2. The second-order valence-electron chi connectivity index (χ2n) is 16.1. The number of nitrogens with zero attached hydrogens (tertiary/aromatic N) is 1. The number of esters is 2. The standard InChI is InChI=1S/C48H84NO8P/c1-6-8-10-12-14-16-18-20-22-23-24-25-27-29-31-33-35-37-39-41-48(51)57-46(45-56-58(52,53)55-43-42-49(3,4)5)44-54-47(50)40-38-36-34-32-30-28-26-21-19-17-15-13-11-9-7-2/h14,16,20-22,24-26,29,31,35,37,46H,6-13,15,17-19,23,27-28,30,32-34,36,38-45H2,1-5H3/b16-14+,22-20+,25-24+,26-21+,31-29+,37-35+/t46-/m1/s1. The van der Waals surface area contributed by atoms with E-state index in [2.05, 4.69) is 74.6 Å². The molecule has 0 fully saturated rings. The summed E-state index contributed by atoms with van der Waals surface area (Å²) in [4.78, 5) is 37.5. The molecule has 0 bridgehead atoms. The highest BCUT2D eigenvalue weighted by molar-refractivity contribution is 7.45. The molecule has 0 aromatic rings. The number of likely N-dealkylation sites (N-methyl/N-ethyl adjacent to an activating group) is 1. The van der Waals surface area contributed by atoms with Gasteiger partial charge in [0.15, 0.2) is 6.10 Å². The molecule has 0 rings (SSSR count). The van der Waals surface area contributed by atoms with E-state index in [0.29, 0.717) is 23.9 Å². The quantitative estimate of drug-likeness (QED) is 0.0197. The molecule has 58 heavy (non-hydrogen) atoms. The first-order chi connectivity index (χ1) is 28.0. The molecule has 9 nitrogen and oxygen atoms in total. The van der Waals surface area contributed by atoms with Gasteiger partial charge in [-0.15, -0.1) is 0 Å². The lowest BCUT2D eigenvalue weighted by Gasteiger charge is -2.28. The Morgan fingerprint density at radius 3 is 1.50 bits per heavy atom. The van der Waals surface area contributed by atoms with Gasteiger partial charge in [-0.05, 0) is 77.0 Å². The van der Waals surface area contributed by atoms with Crippen molar-refractivity contribution in [1.82, 2.24) is 0 Å².